The second kappa shape index (κ2) is 10.1. The van der Waals surface area contributed by atoms with Crippen molar-refractivity contribution in [2.75, 3.05) is 0 Å². The molecule has 3 heterocycles. The molecule has 7 rings (SSSR count). The van der Waals surface area contributed by atoms with Gasteiger partial charge in [0.15, 0.2) is 5.01 Å². The summed E-state index contributed by atoms with van der Waals surface area (Å²) in [6, 6.07) is 23.3. The molecule has 1 aliphatic carbocycles. The van der Waals surface area contributed by atoms with Crippen molar-refractivity contribution in [3.8, 4) is 27.8 Å². The molecule has 0 saturated heterocycles. The quantitative estimate of drug-likeness (QED) is 0.186. The Labute approximate surface area is 249 Å². The van der Waals surface area contributed by atoms with E-state index >= 15 is 0 Å². The summed E-state index contributed by atoms with van der Waals surface area (Å²) < 4.78 is 3.85. The molecule has 0 unspecified atom stereocenters. The van der Waals surface area contributed by atoms with E-state index in [4.69, 9.17) is 39.8 Å². The van der Waals surface area contributed by atoms with Gasteiger partial charge in [-0.05, 0) is 66.9 Å². The molecule has 0 aliphatic heterocycles. The Morgan fingerprint density at radius 1 is 0.850 bits per heavy atom. The fourth-order valence-electron chi connectivity index (χ4n) is 4.96. The Morgan fingerprint density at radius 2 is 1.57 bits per heavy atom. The van der Waals surface area contributed by atoms with Crippen LogP contribution in [0.4, 0.5) is 0 Å². The maximum atomic E-state index is 6.71. The van der Waals surface area contributed by atoms with E-state index in [-0.39, 0.29) is 5.41 Å². The first-order valence-corrected chi connectivity index (χ1v) is 14.5. The van der Waals surface area contributed by atoms with Crippen LogP contribution >= 0.6 is 46.1 Å². The summed E-state index contributed by atoms with van der Waals surface area (Å²) in [7, 11) is 0. The lowest BCUT2D eigenvalue weighted by Gasteiger charge is -2.14. The van der Waals surface area contributed by atoms with Gasteiger partial charge < -0.3 is 0 Å². The summed E-state index contributed by atoms with van der Waals surface area (Å²) in [4.78, 5) is 9.31. The summed E-state index contributed by atoms with van der Waals surface area (Å²) >= 11 is 20.7. The van der Waals surface area contributed by atoms with Crippen LogP contribution < -0.4 is 0 Å². The molecule has 3 aromatic carbocycles. The fourth-order valence-corrected chi connectivity index (χ4v) is 6.56. The van der Waals surface area contributed by atoms with E-state index in [1.165, 1.54) is 11.9 Å². The topological polar surface area (TPSA) is 74.3 Å². The second-order valence-electron chi connectivity index (χ2n) is 9.62. The van der Waals surface area contributed by atoms with Gasteiger partial charge >= 0.3 is 0 Å². The van der Waals surface area contributed by atoms with Gasteiger partial charge in [-0.25, -0.2) is 14.6 Å². The van der Waals surface area contributed by atoms with Crippen LogP contribution in [0.2, 0.25) is 15.1 Å². The lowest BCUT2D eigenvalue weighted by molar-refractivity contribution is 0.662. The van der Waals surface area contributed by atoms with Crippen LogP contribution in [-0.2, 0) is 12.0 Å². The SMILES string of the molecule is Clc1ccc(-n2c(-c3ccccc3Cl)nc(-c3nnc(C4(c5ccc(Cl)cc5)CC4)s3)c2Cn2cncn2)cc1. The highest BCUT2D eigenvalue weighted by molar-refractivity contribution is 7.14. The Bertz CT molecular complexity index is 1810. The van der Waals surface area contributed by atoms with Crippen molar-refractivity contribution in [1.29, 1.82) is 0 Å². The maximum Gasteiger partial charge on any atom is 0.168 e. The number of hydrogen-bond acceptors (Lipinski definition) is 6. The Morgan fingerprint density at radius 3 is 2.25 bits per heavy atom. The molecule has 198 valence electrons. The van der Waals surface area contributed by atoms with Gasteiger partial charge in [-0.1, -0.05) is 70.4 Å². The molecule has 6 aromatic rings. The molecule has 40 heavy (non-hydrogen) atoms. The largest absolute Gasteiger partial charge is 0.294 e. The van der Waals surface area contributed by atoms with Crippen LogP contribution in [-0.4, -0.2) is 34.5 Å². The third kappa shape index (κ3) is 4.51. The van der Waals surface area contributed by atoms with Gasteiger partial charge in [0, 0.05) is 26.7 Å². The molecule has 11 heteroatoms. The smallest absolute Gasteiger partial charge is 0.168 e. The average molecular weight is 605 g/mol. The van der Waals surface area contributed by atoms with Crippen molar-refractivity contribution < 1.29 is 0 Å². The van der Waals surface area contributed by atoms with Crippen molar-refractivity contribution in [3.63, 3.8) is 0 Å². The van der Waals surface area contributed by atoms with Crippen LogP contribution in [0.25, 0.3) is 27.8 Å². The van der Waals surface area contributed by atoms with E-state index in [0.29, 0.717) is 22.4 Å². The highest BCUT2D eigenvalue weighted by atomic mass is 35.5. The van der Waals surface area contributed by atoms with Crippen molar-refractivity contribution in [3.05, 3.63) is 117 Å². The molecule has 0 N–H and O–H groups in total. The summed E-state index contributed by atoms with van der Waals surface area (Å²) in [6.45, 7) is 0.409. The number of hydrogen-bond donors (Lipinski definition) is 0. The molecule has 7 nitrogen and oxygen atoms in total. The van der Waals surface area contributed by atoms with Crippen molar-refractivity contribution >= 4 is 46.1 Å². The number of nitrogens with zero attached hydrogens (tertiary/aromatic N) is 7. The van der Waals surface area contributed by atoms with Crippen LogP contribution in [0.5, 0.6) is 0 Å². The Hall–Kier alpha value is -3.56. The van der Waals surface area contributed by atoms with E-state index in [2.05, 4.69) is 37.0 Å². The number of aromatic nitrogens is 7. The van der Waals surface area contributed by atoms with E-state index in [0.717, 1.165) is 50.5 Å². The lowest BCUT2D eigenvalue weighted by Crippen LogP contribution is -2.09. The standard InChI is InChI=1S/C29H20Cl3N7S/c30-19-7-5-18(6-8-19)29(13-14-29)28-37-36-27(40-28)25-24(15-38-17-33-16-34-38)39(21-11-9-20(31)10-12-21)26(35-25)22-3-1-2-4-23(22)32/h1-12,16-17H,13-15H2. The lowest BCUT2D eigenvalue weighted by atomic mass is 9.97. The third-order valence-corrected chi connectivity index (χ3v) is 9.10. The Balaban J connectivity index is 1.42. The minimum Gasteiger partial charge on any atom is -0.294 e. The van der Waals surface area contributed by atoms with Crippen molar-refractivity contribution in [2.45, 2.75) is 24.8 Å². The zero-order chi connectivity index (χ0) is 27.3. The summed E-state index contributed by atoms with van der Waals surface area (Å²) in [5.74, 6) is 0.689. The molecule has 1 aliphatic rings. The van der Waals surface area contributed by atoms with Gasteiger partial charge in [0.2, 0.25) is 0 Å². The highest BCUT2D eigenvalue weighted by Gasteiger charge is 2.49. The second-order valence-corrected chi connectivity index (χ2v) is 11.9. The van der Waals surface area contributed by atoms with Gasteiger partial charge in [0.25, 0.3) is 0 Å². The minimum absolute atomic E-state index is 0.142. The average Bonchev–Trinajstić information content (AvgIpc) is 3.29. The highest BCUT2D eigenvalue weighted by Crippen LogP contribution is 2.55. The maximum absolute atomic E-state index is 6.71. The van der Waals surface area contributed by atoms with Gasteiger partial charge in [0.1, 0.15) is 29.2 Å². The minimum atomic E-state index is -0.142. The first-order valence-electron chi connectivity index (χ1n) is 12.6. The van der Waals surface area contributed by atoms with Crippen LogP contribution in [0, 0.1) is 0 Å². The van der Waals surface area contributed by atoms with E-state index in [1.54, 1.807) is 22.3 Å². The monoisotopic (exact) mass is 603 g/mol. The molecule has 0 atom stereocenters. The molecule has 0 amide bonds. The molecule has 0 spiro atoms. The zero-order valence-corrected chi connectivity index (χ0v) is 24.0. The molecular weight excluding hydrogens is 585 g/mol. The third-order valence-electron chi connectivity index (χ3n) is 7.13. The van der Waals surface area contributed by atoms with E-state index in [9.17, 15) is 0 Å². The predicted molar refractivity (Wildman–Crippen MR) is 159 cm³/mol. The number of benzene rings is 3. The van der Waals surface area contributed by atoms with Crippen LogP contribution in [0.3, 0.4) is 0 Å². The van der Waals surface area contributed by atoms with Crippen molar-refractivity contribution in [1.82, 2.24) is 34.5 Å². The van der Waals surface area contributed by atoms with Gasteiger partial charge in [-0.15, -0.1) is 10.2 Å². The first kappa shape index (κ1) is 25.4. The van der Waals surface area contributed by atoms with Gasteiger partial charge in [-0.3, -0.25) is 4.57 Å². The summed E-state index contributed by atoms with van der Waals surface area (Å²) in [5, 5.41) is 17.4. The molecular formula is C29H20Cl3N7S. The molecule has 0 bridgehead atoms. The fraction of sp³-hybridized carbons (Fsp3) is 0.138. The number of halogens is 3. The summed E-state index contributed by atoms with van der Waals surface area (Å²) in [5.41, 5.74) is 4.34. The number of imidazole rings is 1. The Kier molecular flexibility index (Phi) is 6.43. The predicted octanol–water partition coefficient (Wildman–Crippen LogP) is 7.74. The zero-order valence-electron chi connectivity index (χ0n) is 20.9. The van der Waals surface area contributed by atoms with Gasteiger partial charge in [-0.2, -0.15) is 5.10 Å². The van der Waals surface area contributed by atoms with E-state index < -0.39 is 0 Å². The normalized spacial score (nSPS) is 14.0. The molecule has 1 saturated carbocycles. The van der Waals surface area contributed by atoms with E-state index in [1.807, 2.05) is 60.7 Å². The van der Waals surface area contributed by atoms with Gasteiger partial charge in [0.05, 0.1) is 17.3 Å². The van der Waals surface area contributed by atoms with Crippen molar-refractivity contribution in [2.24, 2.45) is 0 Å². The molecule has 3 aromatic heterocycles. The van der Waals surface area contributed by atoms with Crippen LogP contribution in [0.1, 0.15) is 29.1 Å². The molecule has 1 fully saturated rings. The summed E-state index contributed by atoms with van der Waals surface area (Å²) in [6.07, 6.45) is 5.23. The first-order chi connectivity index (χ1) is 19.5. The number of rotatable bonds is 7. The molecule has 0 radical (unpaired) electrons. The van der Waals surface area contributed by atoms with Crippen LogP contribution in [0.15, 0.2) is 85.5 Å².